The van der Waals surface area contributed by atoms with Crippen molar-refractivity contribution >= 4 is 76.4 Å². The first kappa shape index (κ1) is 52.2. The molecular weight excluding hydrogens is 932 g/mol. The Hall–Kier alpha value is -4.62. The number of amides is 6. The summed E-state index contributed by atoms with van der Waals surface area (Å²) in [4.78, 5) is 112. The van der Waals surface area contributed by atoms with Gasteiger partial charge in [0.05, 0.1) is 40.2 Å². The molecule has 5 heterocycles. The number of epoxide rings is 1. The summed E-state index contributed by atoms with van der Waals surface area (Å²) in [6.07, 6.45) is 5.35. The fourth-order valence-electron chi connectivity index (χ4n) is 10.3. The number of nitrogens with one attached hydrogen (secondary N) is 1. The summed E-state index contributed by atoms with van der Waals surface area (Å²) < 4.78 is 18.2. The van der Waals surface area contributed by atoms with Gasteiger partial charge in [0, 0.05) is 75.6 Å². The molecule has 9 atom stereocenters. The number of nitrogens with zero attached hydrogens (tertiary/aromatic N) is 3. The van der Waals surface area contributed by atoms with E-state index in [9.17, 15) is 43.5 Å². The van der Waals surface area contributed by atoms with E-state index in [2.05, 4.69) is 5.32 Å². The van der Waals surface area contributed by atoms with Crippen LogP contribution >= 0.6 is 23.4 Å². The third-order valence-corrected chi connectivity index (χ3v) is 16.7. The highest BCUT2D eigenvalue weighted by molar-refractivity contribution is 8.00. The van der Waals surface area contributed by atoms with Crippen LogP contribution in [0, 0.1) is 36.5 Å². The van der Waals surface area contributed by atoms with Crippen LogP contribution in [0.5, 0.6) is 0 Å². The number of imide groups is 2. The zero-order chi connectivity index (χ0) is 50.1. The van der Waals surface area contributed by atoms with Crippen molar-refractivity contribution in [3.8, 4) is 0 Å². The van der Waals surface area contributed by atoms with Crippen LogP contribution in [-0.2, 0) is 59.0 Å². The van der Waals surface area contributed by atoms with Gasteiger partial charge in [-0.15, -0.1) is 16.8 Å². The molecule has 4 bridgehead atoms. The average molecular weight is 998 g/mol. The number of carbonyl (C=O) groups is 8. The minimum Gasteiger partial charge on any atom is -0.446 e. The Kier molecular flexibility index (Phi) is 16.2. The molecule has 6 amide bonds. The molecular formula is C50H65ClN4O13S. The molecule has 2 unspecified atom stereocenters. The molecule has 0 radical (unpaired) electrons. The van der Waals surface area contributed by atoms with E-state index in [4.69, 9.17) is 30.6 Å². The van der Waals surface area contributed by atoms with Crippen LogP contribution in [0.4, 0.5) is 10.5 Å². The van der Waals surface area contributed by atoms with E-state index < -0.39 is 82.4 Å². The molecule has 5 aliphatic heterocycles. The van der Waals surface area contributed by atoms with Crippen molar-refractivity contribution in [1.82, 2.24) is 15.3 Å². The molecule has 1 aromatic rings. The molecule has 17 nitrogen and oxygen atoms in total. The van der Waals surface area contributed by atoms with Crippen LogP contribution in [0.2, 0.25) is 5.02 Å². The van der Waals surface area contributed by atoms with Crippen molar-refractivity contribution in [2.75, 3.05) is 30.9 Å². The fraction of sp³-hybridized carbons (Fsp3) is 0.640. The number of thioether (sulfide) groups is 1. The maximum atomic E-state index is 14.3. The lowest BCUT2D eigenvalue weighted by Crippen LogP contribution is -2.60. The van der Waals surface area contributed by atoms with E-state index in [-0.39, 0.29) is 81.1 Å². The van der Waals surface area contributed by atoms with Gasteiger partial charge in [0.15, 0.2) is 5.78 Å². The van der Waals surface area contributed by atoms with Crippen molar-refractivity contribution in [2.45, 2.75) is 147 Å². The second-order valence-electron chi connectivity index (χ2n) is 20.0. The number of fused-ring (bicyclic) bond motifs is 5. The molecule has 1 aliphatic carbocycles. The van der Waals surface area contributed by atoms with Gasteiger partial charge in [0.1, 0.15) is 17.9 Å². The van der Waals surface area contributed by atoms with Crippen LogP contribution in [0.15, 0.2) is 35.9 Å². The number of hydroxylamine groups is 2. The summed E-state index contributed by atoms with van der Waals surface area (Å²) in [5.74, 6) is -4.49. The number of aliphatic hydroxyl groups is 1. The van der Waals surface area contributed by atoms with Crippen molar-refractivity contribution < 1.29 is 62.5 Å². The summed E-state index contributed by atoms with van der Waals surface area (Å²) in [5, 5.41) is 14.8. The molecule has 19 heteroatoms. The monoisotopic (exact) mass is 996 g/mol. The number of hydrogen-bond donors (Lipinski definition) is 2. The van der Waals surface area contributed by atoms with Crippen molar-refractivity contribution in [3.63, 3.8) is 0 Å². The van der Waals surface area contributed by atoms with E-state index in [0.717, 1.165) is 16.7 Å². The van der Waals surface area contributed by atoms with Gasteiger partial charge in [0.25, 0.3) is 11.8 Å². The first-order valence-electron chi connectivity index (χ1n) is 24.0. The molecule has 5 fully saturated rings. The molecule has 69 heavy (non-hydrogen) atoms. The lowest BCUT2D eigenvalue weighted by atomic mass is 9.77. The average Bonchev–Trinajstić information content (AvgIpc) is 3.81. The molecule has 1 aromatic carbocycles. The van der Waals surface area contributed by atoms with E-state index in [0.29, 0.717) is 53.6 Å². The molecule has 376 valence electrons. The zero-order valence-corrected chi connectivity index (χ0v) is 42.0. The van der Waals surface area contributed by atoms with Crippen molar-refractivity contribution in [2.24, 2.45) is 29.6 Å². The van der Waals surface area contributed by atoms with Gasteiger partial charge in [0.2, 0.25) is 17.7 Å². The number of halogens is 1. The molecule has 2 N–H and O–H groups in total. The number of anilines is 1. The predicted octanol–water partition coefficient (Wildman–Crippen LogP) is 5.93. The van der Waals surface area contributed by atoms with E-state index >= 15 is 0 Å². The zero-order valence-electron chi connectivity index (χ0n) is 40.5. The number of hydrogen-bond acceptors (Lipinski definition) is 14. The Balaban J connectivity index is 0.958. The highest BCUT2D eigenvalue weighted by Crippen LogP contribution is 2.52. The van der Waals surface area contributed by atoms with Gasteiger partial charge in [-0.05, 0) is 82.9 Å². The number of ketones is 1. The lowest BCUT2D eigenvalue weighted by Gasteiger charge is -2.41. The third kappa shape index (κ3) is 11.8. The normalized spacial score (nSPS) is 33.9. The summed E-state index contributed by atoms with van der Waals surface area (Å²) in [5.41, 5.74) is 0.705. The van der Waals surface area contributed by atoms with Gasteiger partial charge in [-0.3, -0.25) is 39.0 Å². The van der Waals surface area contributed by atoms with Crippen LogP contribution < -0.4 is 10.2 Å². The second-order valence-corrected chi connectivity index (χ2v) is 21.7. The number of alkyl carbamates (subject to hydrolysis) is 1. The number of rotatable bonds is 12. The van der Waals surface area contributed by atoms with E-state index in [1.165, 1.54) is 21.6 Å². The Morgan fingerprint density at radius 1 is 1.00 bits per heavy atom. The van der Waals surface area contributed by atoms with Crippen LogP contribution in [0.1, 0.15) is 110 Å². The summed E-state index contributed by atoms with van der Waals surface area (Å²) in [6, 6.07) is 3.88. The smallest absolute Gasteiger partial charge is 0.409 e. The fourth-order valence-corrected chi connectivity index (χ4v) is 11.6. The van der Waals surface area contributed by atoms with Gasteiger partial charge in [-0.1, -0.05) is 55.3 Å². The Morgan fingerprint density at radius 2 is 1.70 bits per heavy atom. The maximum Gasteiger partial charge on any atom is 0.409 e. The van der Waals surface area contributed by atoms with Crippen molar-refractivity contribution in [1.29, 1.82) is 0 Å². The minimum absolute atomic E-state index is 0.00478. The summed E-state index contributed by atoms with van der Waals surface area (Å²) in [6.45, 7) is 11.4. The van der Waals surface area contributed by atoms with Gasteiger partial charge in [-0.2, -0.15) is 0 Å². The van der Waals surface area contributed by atoms with Crippen molar-refractivity contribution in [3.05, 3.63) is 52.1 Å². The quantitative estimate of drug-likeness (QED) is 0.141. The van der Waals surface area contributed by atoms with E-state index in [1.54, 1.807) is 14.0 Å². The maximum absolute atomic E-state index is 14.3. The SMILES string of the molecule is C/C1=C\C=C\[C@@H](C)[C@@]2(O)CC(OC(=O)N2)[C@@H](C)[C@@H]2O[C@@]2(C)[C@@H](CC(=O)[C@H](C)OCCSC2CC(=O)N(C[C@H]3CC[C@H](C(=O)ON4C(=O)CCC4=O)CC3)C2=O)CC(=O)N(C)c2cc(cc(C)c2Cl)C1. The van der Waals surface area contributed by atoms with Gasteiger partial charge in [-0.25, -0.2) is 9.59 Å². The number of likely N-dealkylation sites (tertiary alicyclic amines) is 1. The highest BCUT2D eigenvalue weighted by atomic mass is 35.5. The predicted molar refractivity (Wildman–Crippen MR) is 254 cm³/mol. The molecule has 0 spiro atoms. The number of carbonyl (C=O) groups excluding carboxylic acids is 8. The number of aryl methyl sites for hydroxylation is 1. The molecule has 4 saturated heterocycles. The highest BCUT2D eigenvalue weighted by Gasteiger charge is 2.63. The number of allylic oxidation sites excluding steroid dienone is 3. The van der Waals surface area contributed by atoms with Crippen LogP contribution in [-0.4, -0.2) is 123 Å². The molecule has 7 rings (SSSR count). The van der Waals surface area contributed by atoms with Gasteiger partial charge >= 0.3 is 12.1 Å². The molecule has 6 aliphatic rings. The minimum atomic E-state index is -1.61. The number of ether oxygens (including phenoxy) is 3. The van der Waals surface area contributed by atoms with Gasteiger partial charge < -0.3 is 29.1 Å². The first-order chi connectivity index (χ1) is 32.6. The number of Topliss-reactive ketones (excluding diaryl/α,β-unsaturated/α-hetero) is 1. The Morgan fingerprint density at radius 3 is 2.39 bits per heavy atom. The largest absolute Gasteiger partial charge is 0.446 e. The van der Waals surface area contributed by atoms with E-state index in [1.807, 2.05) is 65.0 Å². The lowest BCUT2D eigenvalue weighted by molar-refractivity contribution is -0.201. The second kappa shape index (κ2) is 21.4. The topological polar surface area (TPSA) is 219 Å². The van der Waals surface area contributed by atoms with Crippen LogP contribution in [0.25, 0.3) is 0 Å². The molecule has 1 saturated carbocycles. The number of benzene rings is 1. The summed E-state index contributed by atoms with van der Waals surface area (Å²) >= 11 is 8.13. The Labute approximate surface area is 412 Å². The molecule has 0 aromatic heterocycles. The summed E-state index contributed by atoms with van der Waals surface area (Å²) in [7, 11) is 1.66. The first-order valence-corrected chi connectivity index (χ1v) is 25.5. The Bertz CT molecular complexity index is 2280. The standard InChI is InChI=1S/C50H65ClN4O13S/c1-27-9-8-10-29(3)50(64)25-38(66-48(63)52-50)30(4)45-49(6,67-45)35(23-42(59)53(7)36-21-33(19-27)20-28(2)44(36)51)22-37(56)31(5)65-17-18-69-39-24-43(60)54(46(39)61)26-32-11-13-34(14-12-32)47(62)68-55-40(57)15-16-41(55)58/h8-10,20-21,29-32,34-35,38-39,45,64H,11-19,22-26H2,1-7H3,(H,52,63)/b10-8+,27-9+/t29-,30-,31+,32-,34-,35+,38?,39?,45+,49+,50+/m1/s1. The third-order valence-electron chi connectivity index (χ3n) is 15.0. The van der Waals surface area contributed by atoms with Crippen LogP contribution in [0.3, 0.4) is 0 Å².